The number of rotatable bonds is 6. The van der Waals surface area contributed by atoms with Gasteiger partial charge in [-0.3, -0.25) is 4.98 Å². The van der Waals surface area contributed by atoms with Crippen LogP contribution in [0.25, 0.3) is 5.57 Å². The van der Waals surface area contributed by atoms with Crippen LogP contribution in [0.3, 0.4) is 0 Å². The van der Waals surface area contributed by atoms with E-state index in [1.165, 1.54) is 36.8 Å². The SMILES string of the molecule is CN(C)CCNC(=O)ONC1C=C2CCC3(C)C(CCC4(C)C(c5cccnc5)=CCC43)C2(C)CC1. The third-order valence-electron chi connectivity index (χ3n) is 10.4. The van der Waals surface area contributed by atoms with Gasteiger partial charge < -0.3 is 15.1 Å². The number of carbonyl (C=O) groups excluding carboxylic acids is 1. The lowest BCUT2D eigenvalue weighted by Gasteiger charge is -2.64. The van der Waals surface area contributed by atoms with Gasteiger partial charge in [0.05, 0.1) is 6.04 Å². The average Bonchev–Trinajstić information content (AvgIpc) is 3.21. The molecule has 0 radical (unpaired) electrons. The fourth-order valence-corrected chi connectivity index (χ4v) is 8.55. The predicted molar refractivity (Wildman–Crippen MR) is 144 cm³/mol. The number of likely N-dealkylation sites (N-methyl/N-ethyl adjacent to an activating group) is 1. The summed E-state index contributed by atoms with van der Waals surface area (Å²) in [6.45, 7) is 9.03. The number of allylic oxidation sites excluding steroid dienone is 3. The molecule has 0 bridgehead atoms. The molecule has 2 saturated carbocycles. The van der Waals surface area contributed by atoms with E-state index in [2.05, 4.69) is 67.0 Å². The number of nitrogens with one attached hydrogen (secondary N) is 2. The highest BCUT2D eigenvalue weighted by Gasteiger charge is 2.62. The van der Waals surface area contributed by atoms with Crippen LogP contribution in [0.4, 0.5) is 4.79 Å². The van der Waals surface area contributed by atoms with Crippen LogP contribution < -0.4 is 10.8 Å². The lowest BCUT2D eigenvalue weighted by atomic mass is 9.41. The van der Waals surface area contributed by atoms with Crippen LogP contribution in [0.15, 0.2) is 42.3 Å². The highest BCUT2D eigenvalue weighted by atomic mass is 16.7. The fourth-order valence-electron chi connectivity index (χ4n) is 8.55. The fraction of sp³-hybridized carbons (Fsp3) is 0.667. The summed E-state index contributed by atoms with van der Waals surface area (Å²) in [5.41, 5.74) is 8.26. The van der Waals surface area contributed by atoms with Crippen molar-refractivity contribution in [3.8, 4) is 0 Å². The van der Waals surface area contributed by atoms with Crippen molar-refractivity contribution in [1.82, 2.24) is 20.7 Å². The van der Waals surface area contributed by atoms with Crippen molar-refractivity contribution in [1.29, 1.82) is 0 Å². The molecule has 1 heterocycles. The second-order valence-corrected chi connectivity index (χ2v) is 12.7. The van der Waals surface area contributed by atoms with Gasteiger partial charge in [-0.25, -0.2) is 4.79 Å². The first-order valence-corrected chi connectivity index (χ1v) is 13.8. The molecule has 1 amide bonds. The van der Waals surface area contributed by atoms with Crippen LogP contribution in [-0.2, 0) is 4.84 Å². The summed E-state index contributed by atoms with van der Waals surface area (Å²) in [5, 5.41) is 2.80. The zero-order valence-electron chi connectivity index (χ0n) is 22.8. The minimum Gasteiger partial charge on any atom is -0.353 e. The Bertz CT molecular complexity index is 1040. The lowest BCUT2D eigenvalue weighted by molar-refractivity contribution is -0.0961. The van der Waals surface area contributed by atoms with E-state index >= 15 is 0 Å². The van der Waals surface area contributed by atoms with Crippen molar-refractivity contribution in [2.24, 2.45) is 28.1 Å². The summed E-state index contributed by atoms with van der Waals surface area (Å²) in [6, 6.07) is 4.40. The molecule has 0 aliphatic heterocycles. The van der Waals surface area contributed by atoms with Gasteiger partial charge >= 0.3 is 6.09 Å². The Morgan fingerprint density at radius 3 is 2.69 bits per heavy atom. The molecule has 5 rings (SSSR count). The molecule has 1 aromatic rings. The van der Waals surface area contributed by atoms with Gasteiger partial charge in [0.15, 0.2) is 0 Å². The highest BCUT2D eigenvalue weighted by molar-refractivity contribution is 5.72. The first-order chi connectivity index (χ1) is 17.2. The summed E-state index contributed by atoms with van der Waals surface area (Å²) < 4.78 is 0. The topological polar surface area (TPSA) is 66.5 Å². The number of nitrogens with zero attached hydrogens (tertiary/aromatic N) is 2. The molecule has 196 valence electrons. The molecule has 6 atom stereocenters. The quantitative estimate of drug-likeness (QED) is 0.400. The van der Waals surface area contributed by atoms with E-state index < -0.39 is 6.09 Å². The molecule has 4 aliphatic rings. The second-order valence-electron chi connectivity index (χ2n) is 12.7. The maximum absolute atomic E-state index is 12.1. The van der Waals surface area contributed by atoms with Crippen LogP contribution in [-0.4, -0.2) is 49.2 Å². The van der Waals surface area contributed by atoms with E-state index in [0.29, 0.717) is 23.8 Å². The minimum atomic E-state index is -0.399. The Balaban J connectivity index is 1.27. The lowest BCUT2D eigenvalue weighted by Crippen LogP contribution is -2.56. The van der Waals surface area contributed by atoms with Crippen molar-refractivity contribution in [2.45, 2.75) is 71.8 Å². The maximum Gasteiger partial charge on any atom is 0.426 e. The molecular formula is C30H44N4O2. The molecule has 1 aromatic heterocycles. The minimum absolute atomic E-state index is 0.0937. The van der Waals surface area contributed by atoms with Gasteiger partial charge in [0.1, 0.15) is 0 Å². The Labute approximate surface area is 216 Å². The van der Waals surface area contributed by atoms with Crippen LogP contribution in [0.1, 0.15) is 71.3 Å². The summed E-state index contributed by atoms with van der Waals surface area (Å²) in [6.07, 6.45) is 16.7. The smallest absolute Gasteiger partial charge is 0.353 e. The number of pyridine rings is 1. The van der Waals surface area contributed by atoms with Crippen LogP contribution >= 0.6 is 0 Å². The van der Waals surface area contributed by atoms with E-state index in [1.807, 2.05) is 25.2 Å². The molecule has 0 aromatic carbocycles. The van der Waals surface area contributed by atoms with Gasteiger partial charge in [-0.2, -0.15) is 0 Å². The molecule has 0 spiro atoms. The van der Waals surface area contributed by atoms with Crippen LogP contribution in [0.5, 0.6) is 0 Å². The summed E-state index contributed by atoms with van der Waals surface area (Å²) >= 11 is 0. The van der Waals surface area contributed by atoms with E-state index in [1.54, 1.807) is 5.57 Å². The van der Waals surface area contributed by atoms with E-state index in [-0.39, 0.29) is 16.9 Å². The third kappa shape index (κ3) is 4.30. The summed E-state index contributed by atoms with van der Waals surface area (Å²) in [4.78, 5) is 23.9. The number of hydroxylamine groups is 1. The Kier molecular flexibility index (Phi) is 6.80. The normalized spacial score (nSPS) is 37.3. The van der Waals surface area contributed by atoms with Gasteiger partial charge in [-0.1, -0.05) is 44.6 Å². The van der Waals surface area contributed by atoms with Crippen molar-refractivity contribution in [2.75, 3.05) is 27.2 Å². The molecular weight excluding hydrogens is 448 g/mol. The van der Waals surface area contributed by atoms with E-state index in [4.69, 9.17) is 4.84 Å². The van der Waals surface area contributed by atoms with Gasteiger partial charge in [-0.05, 0) is 104 Å². The predicted octanol–water partition coefficient (Wildman–Crippen LogP) is 5.59. The number of hydrogen-bond donors (Lipinski definition) is 2. The standard InChI is InChI=1S/C30H44N4O2/c1-28-14-11-23(33-36-27(35)32-17-18-34(4)5)19-22(28)10-13-30(3)25-9-8-24(21-7-6-16-31-20-21)29(25,2)15-12-26(28)30/h6-8,16,19-20,23,25-26,33H,9-15,17-18H2,1-5H3,(H,32,35). The highest BCUT2D eigenvalue weighted by Crippen LogP contribution is 2.71. The Morgan fingerprint density at radius 2 is 1.94 bits per heavy atom. The number of aromatic nitrogens is 1. The number of hydrogen-bond acceptors (Lipinski definition) is 5. The molecule has 6 nitrogen and oxygen atoms in total. The van der Waals surface area contributed by atoms with E-state index in [0.717, 1.165) is 25.8 Å². The van der Waals surface area contributed by atoms with Crippen molar-refractivity contribution < 1.29 is 9.63 Å². The monoisotopic (exact) mass is 492 g/mol. The van der Waals surface area contributed by atoms with Crippen molar-refractivity contribution in [3.05, 3.63) is 47.8 Å². The number of carbonyl (C=O) groups is 1. The van der Waals surface area contributed by atoms with Crippen LogP contribution in [0.2, 0.25) is 0 Å². The zero-order valence-corrected chi connectivity index (χ0v) is 22.8. The molecule has 2 fully saturated rings. The Morgan fingerprint density at radius 1 is 1.14 bits per heavy atom. The van der Waals surface area contributed by atoms with E-state index in [9.17, 15) is 4.79 Å². The Hall–Kier alpha value is -2.18. The molecule has 2 N–H and O–H groups in total. The summed E-state index contributed by atoms with van der Waals surface area (Å²) in [5.74, 6) is 1.38. The molecule has 6 heteroatoms. The zero-order chi connectivity index (χ0) is 25.6. The second kappa shape index (κ2) is 9.60. The number of amides is 1. The third-order valence-corrected chi connectivity index (χ3v) is 10.4. The number of fused-ring (bicyclic) bond motifs is 5. The van der Waals surface area contributed by atoms with Gasteiger partial charge in [-0.15, -0.1) is 5.48 Å². The first kappa shape index (κ1) is 25.5. The van der Waals surface area contributed by atoms with Crippen LogP contribution in [0, 0.1) is 28.1 Å². The molecule has 0 saturated heterocycles. The summed E-state index contributed by atoms with van der Waals surface area (Å²) in [7, 11) is 3.97. The average molecular weight is 493 g/mol. The van der Waals surface area contributed by atoms with Crippen molar-refractivity contribution in [3.63, 3.8) is 0 Å². The molecule has 36 heavy (non-hydrogen) atoms. The van der Waals surface area contributed by atoms with Gasteiger partial charge in [0, 0.05) is 25.5 Å². The molecule has 4 aliphatic carbocycles. The van der Waals surface area contributed by atoms with Gasteiger partial charge in [0.2, 0.25) is 0 Å². The maximum atomic E-state index is 12.1. The van der Waals surface area contributed by atoms with Crippen molar-refractivity contribution >= 4 is 11.7 Å². The van der Waals surface area contributed by atoms with Gasteiger partial charge in [0.25, 0.3) is 0 Å². The molecule has 6 unspecified atom stereocenters. The first-order valence-electron chi connectivity index (χ1n) is 13.8. The largest absolute Gasteiger partial charge is 0.426 e.